The molecule has 0 atom stereocenters. The van der Waals surface area contributed by atoms with E-state index in [0.717, 1.165) is 29.0 Å². The Labute approximate surface area is 139 Å². The number of ether oxygens (including phenoxy) is 1. The third-order valence-corrected chi connectivity index (χ3v) is 3.69. The molecule has 2 aromatic carbocycles. The molecule has 0 spiro atoms. The van der Waals surface area contributed by atoms with E-state index in [1.807, 2.05) is 24.3 Å². The van der Waals surface area contributed by atoms with Crippen LogP contribution in [0, 0.1) is 5.82 Å². The lowest BCUT2D eigenvalue weighted by Crippen LogP contribution is -2.32. The van der Waals surface area contributed by atoms with E-state index < -0.39 is 0 Å². The zero-order valence-corrected chi connectivity index (χ0v) is 13.2. The average Bonchev–Trinajstić information content (AvgIpc) is 2.59. The predicted molar refractivity (Wildman–Crippen MR) is 92.1 cm³/mol. The zero-order valence-electron chi connectivity index (χ0n) is 12.4. The number of benzene rings is 2. The van der Waals surface area contributed by atoms with E-state index in [4.69, 9.17) is 17.0 Å². The number of hydrogen-bond acceptors (Lipinski definition) is 3. The first-order valence-corrected chi connectivity index (χ1v) is 7.70. The van der Waals surface area contributed by atoms with Gasteiger partial charge in [0.1, 0.15) is 11.6 Å². The van der Waals surface area contributed by atoms with Gasteiger partial charge in [0.05, 0.1) is 12.3 Å². The summed E-state index contributed by atoms with van der Waals surface area (Å²) in [6.45, 7) is 1.12. The SMILES string of the molecule is Fc1ccc(CNC(=S)N/N=C2/CCOc3ccccc32)cc1. The molecule has 4 nitrogen and oxygen atoms in total. The van der Waals surface area contributed by atoms with Crippen LogP contribution in [0.4, 0.5) is 4.39 Å². The average molecular weight is 329 g/mol. The van der Waals surface area contributed by atoms with Crippen molar-refractivity contribution in [2.45, 2.75) is 13.0 Å². The lowest BCUT2D eigenvalue weighted by atomic mass is 10.0. The van der Waals surface area contributed by atoms with E-state index >= 15 is 0 Å². The topological polar surface area (TPSA) is 45.7 Å². The highest BCUT2D eigenvalue weighted by Gasteiger charge is 2.15. The number of nitrogens with zero attached hydrogens (tertiary/aromatic N) is 1. The van der Waals surface area contributed by atoms with Crippen molar-refractivity contribution in [1.29, 1.82) is 0 Å². The van der Waals surface area contributed by atoms with E-state index in [1.54, 1.807) is 12.1 Å². The fourth-order valence-electron chi connectivity index (χ4n) is 2.28. The van der Waals surface area contributed by atoms with Gasteiger partial charge in [-0.2, -0.15) is 5.10 Å². The van der Waals surface area contributed by atoms with Crippen LogP contribution in [0.3, 0.4) is 0 Å². The largest absolute Gasteiger partial charge is 0.492 e. The highest BCUT2D eigenvalue weighted by molar-refractivity contribution is 7.80. The number of nitrogens with one attached hydrogen (secondary N) is 2. The molecule has 6 heteroatoms. The second-order valence-electron chi connectivity index (χ2n) is 5.07. The molecule has 1 heterocycles. The van der Waals surface area contributed by atoms with Crippen molar-refractivity contribution in [3.8, 4) is 5.75 Å². The van der Waals surface area contributed by atoms with E-state index in [9.17, 15) is 4.39 Å². The maximum absolute atomic E-state index is 12.8. The minimum atomic E-state index is -0.251. The molecule has 0 saturated heterocycles. The third-order valence-electron chi connectivity index (χ3n) is 3.45. The molecular weight excluding hydrogens is 313 g/mol. The Hall–Kier alpha value is -2.47. The molecule has 0 fully saturated rings. The standard InChI is InChI=1S/C17H16FN3OS/c18-13-7-5-12(6-8-13)11-19-17(23)21-20-15-9-10-22-16-4-2-1-3-14(15)16/h1-8H,9-11H2,(H2,19,21,23)/b20-15-. The van der Waals surface area contributed by atoms with Crippen LogP contribution in [0.5, 0.6) is 5.75 Å². The summed E-state index contributed by atoms with van der Waals surface area (Å²) in [4.78, 5) is 0. The summed E-state index contributed by atoms with van der Waals surface area (Å²) in [5.74, 6) is 0.587. The summed E-state index contributed by atoms with van der Waals surface area (Å²) in [6, 6.07) is 14.1. The molecule has 1 aliphatic rings. The number of rotatable bonds is 3. The molecule has 0 saturated carbocycles. The minimum Gasteiger partial charge on any atom is -0.492 e. The normalized spacial score (nSPS) is 14.7. The molecule has 2 aromatic rings. The van der Waals surface area contributed by atoms with Crippen molar-refractivity contribution in [2.24, 2.45) is 5.10 Å². The third kappa shape index (κ3) is 4.04. The fraction of sp³-hybridized carbons (Fsp3) is 0.176. The molecule has 118 valence electrons. The number of fused-ring (bicyclic) bond motifs is 1. The van der Waals surface area contributed by atoms with Crippen molar-refractivity contribution in [3.63, 3.8) is 0 Å². The Morgan fingerprint density at radius 3 is 2.78 bits per heavy atom. The molecule has 0 unspecified atom stereocenters. The van der Waals surface area contributed by atoms with Gasteiger partial charge in [0.15, 0.2) is 5.11 Å². The second kappa shape index (κ2) is 7.19. The van der Waals surface area contributed by atoms with Gasteiger partial charge in [-0.15, -0.1) is 0 Å². The summed E-state index contributed by atoms with van der Waals surface area (Å²) in [6.07, 6.45) is 0.727. The lowest BCUT2D eigenvalue weighted by molar-refractivity contribution is 0.320. The number of para-hydroxylation sites is 1. The van der Waals surface area contributed by atoms with Gasteiger partial charge in [-0.05, 0) is 42.0 Å². The highest BCUT2D eigenvalue weighted by atomic mass is 32.1. The quantitative estimate of drug-likeness (QED) is 0.671. The Morgan fingerprint density at radius 1 is 1.17 bits per heavy atom. The van der Waals surface area contributed by atoms with Crippen molar-refractivity contribution < 1.29 is 9.13 Å². The first-order valence-electron chi connectivity index (χ1n) is 7.29. The number of halogens is 1. The van der Waals surface area contributed by atoms with Crippen molar-refractivity contribution in [1.82, 2.24) is 10.7 Å². The van der Waals surface area contributed by atoms with E-state index in [1.165, 1.54) is 12.1 Å². The van der Waals surface area contributed by atoms with E-state index in [-0.39, 0.29) is 5.82 Å². The van der Waals surface area contributed by atoms with Crippen LogP contribution < -0.4 is 15.5 Å². The maximum Gasteiger partial charge on any atom is 0.187 e. The lowest BCUT2D eigenvalue weighted by Gasteiger charge is -2.19. The van der Waals surface area contributed by atoms with Crippen LogP contribution in [0.25, 0.3) is 0 Å². The van der Waals surface area contributed by atoms with Crippen LogP contribution in [0.15, 0.2) is 53.6 Å². The molecule has 0 radical (unpaired) electrons. The van der Waals surface area contributed by atoms with Gasteiger partial charge < -0.3 is 10.1 Å². The maximum atomic E-state index is 12.8. The smallest absolute Gasteiger partial charge is 0.187 e. The molecule has 0 amide bonds. The predicted octanol–water partition coefficient (Wildman–Crippen LogP) is 2.98. The van der Waals surface area contributed by atoms with Gasteiger partial charge in [0.2, 0.25) is 0 Å². The van der Waals surface area contributed by atoms with Gasteiger partial charge in [-0.1, -0.05) is 24.3 Å². The van der Waals surface area contributed by atoms with Crippen LogP contribution in [0.2, 0.25) is 0 Å². The number of hydrazone groups is 1. The first kappa shape index (κ1) is 15.4. The molecule has 3 rings (SSSR count). The second-order valence-corrected chi connectivity index (χ2v) is 5.48. The summed E-state index contributed by atoms with van der Waals surface area (Å²) in [7, 11) is 0. The first-order chi connectivity index (χ1) is 11.2. The molecule has 0 bridgehead atoms. The summed E-state index contributed by atoms with van der Waals surface area (Å²) < 4.78 is 18.4. The molecular formula is C17H16FN3OS. The van der Waals surface area contributed by atoms with Gasteiger partial charge >= 0.3 is 0 Å². The Kier molecular flexibility index (Phi) is 4.83. The number of hydrogen-bond donors (Lipinski definition) is 2. The molecule has 0 aromatic heterocycles. The van der Waals surface area contributed by atoms with Gasteiger partial charge in [-0.25, -0.2) is 4.39 Å². The summed E-state index contributed by atoms with van der Waals surface area (Å²) >= 11 is 5.21. The molecule has 0 aliphatic carbocycles. The Morgan fingerprint density at radius 2 is 1.96 bits per heavy atom. The van der Waals surface area contributed by atoms with Gasteiger partial charge in [0.25, 0.3) is 0 Å². The molecule has 1 aliphatic heterocycles. The highest BCUT2D eigenvalue weighted by Crippen LogP contribution is 2.24. The zero-order chi connectivity index (χ0) is 16.1. The van der Waals surface area contributed by atoms with Crippen LogP contribution in [-0.4, -0.2) is 17.4 Å². The molecule has 2 N–H and O–H groups in total. The van der Waals surface area contributed by atoms with Crippen LogP contribution in [-0.2, 0) is 6.54 Å². The monoisotopic (exact) mass is 329 g/mol. The van der Waals surface area contributed by atoms with Gasteiger partial charge in [-0.3, -0.25) is 5.43 Å². The van der Waals surface area contributed by atoms with Gasteiger partial charge in [0, 0.05) is 18.5 Å². The van der Waals surface area contributed by atoms with Crippen molar-refractivity contribution >= 4 is 23.0 Å². The number of thiocarbonyl (C=S) groups is 1. The fourth-order valence-corrected chi connectivity index (χ4v) is 2.40. The van der Waals surface area contributed by atoms with Crippen LogP contribution >= 0.6 is 12.2 Å². The van der Waals surface area contributed by atoms with E-state index in [2.05, 4.69) is 15.8 Å². The van der Waals surface area contributed by atoms with Crippen molar-refractivity contribution in [2.75, 3.05) is 6.61 Å². The Bertz CT molecular complexity index is 731. The van der Waals surface area contributed by atoms with E-state index in [0.29, 0.717) is 18.3 Å². The molecule has 23 heavy (non-hydrogen) atoms. The van der Waals surface area contributed by atoms with Crippen molar-refractivity contribution in [3.05, 3.63) is 65.5 Å². The minimum absolute atomic E-state index is 0.251. The summed E-state index contributed by atoms with van der Waals surface area (Å²) in [5, 5.41) is 7.84. The Balaban J connectivity index is 1.57. The van der Waals surface area contributed by atoms with Crippen LogP contribution in [0.1, 0.15) is 17.5 Å². The summed E-state index contributed by atoms with van der Waals surface area (Å²) in [5.41, 5.74) is 5.69.